The predicted molar refractivity (Wildman–Crippen MR) is 90.6 cm³/mol. The van der Waals surface area contributed by atoms with Crippen molar-refractivity contribution >= 4 is 11.9 Å². The maximum Gasteiger partial charge on any atom is 0.324 e. The van der Waals surface area contributed by atoms with Crippen molar-refractivity contribution in [2.45, 2.75) is 45.7 Å². The lowest BCUT2D eigenvalue weighted by atomic mass is 9.80. The van der Waals surface area contributed by atoms with Crippen LogP contribution < -0.4 is 5.32 Å². The molecule has 3 amide bonds. The van der Waals surface area contributed by atoms with Crippen LogP contribution >= 0.6 is 0 Å². The smallest absolute Gasteiger partial charge is 0.323 e. The van der Waals surface area contributed by atoms with E-state index in [-0.39, 0.29) is 17.9 Å². The van der Waals surface area contributed by atoms with Crippen molar-refractivity contribution in [1.29, 1.82) is 0 Å². The van der Waals surface area contributed by atoms with E-state index < -0.39 is 5.54 Å². The summed E-state index contributed by atoms with van der Waals surface area (Å²) >= 11 is 0. The molecule has 24 heavy (non-hydrogen) atoms. The van der Waals surface area contributed by atoms with Gasteiger partial charge in [-0.1, -0.05) is 0 Å². The van der Waals surface area contributed by atoms with Crippen LogP contribution in [0.1, 0.15) is 31.2 Å². The van der Waals surface area contributed by atoms with Crippen LogP contribution in [0.2, 0.25) is 0 Å². The molecule has 7 heteroatoms. The number of hydrogen-bond donors (Lipinski definition) is 1. The van der Waals surface area contributed by atoms with Gasteiger partial charge in [-0.15, -0.1) is 0 Å². The number of aromatic nitrogens is 2. The molecular formula is C17H27N5O2. The van der Waals surface area contributed by atoms with Crippen LogP contribution in [0, 0.1) is 19.8 Å². The fourth-order valence-electron chi connectivity index (χ4n) is 3.94. The summed E-state index contributed by atoms with van der Waals surface area (Å²) < 4.78 is 2.04. The van der Waals surface area contributed by atoms with Crippen molar-refractivity contribution in [1.82, 2.24) is 24.9 Å². The molecule has 0 saturated carbocycles. The van der Waals surface area contributed by atoms with E-state index in [1.54, 1.807) is 7.05 Å². The number of urea groups is 1. The van der Waals surface area contributed by atoms with E-state index in [4.69, 9.17) is 0 Å². The molecule has 1 aromatic rings. The molecule has 2 aliphatic rings. The molecule has 0 aromatic carbocycles. The van der Waals surface area contributed by atoms with Crippen molar-refractivity contribution in [3.05, 3.63) is 17.5 Å². The predicted octanol–water partition coefficient (Wildman–Crippen LogP) is 1.15. The van der Waals surface area contributed by atoms with E-state index in [1.807, 2.05) is 18.5 Å². The minimum absolute atomic E-state index is 0.113. The number of likely N-dealkylation sites (tertiary alicyclic amines) is 1. The van der Waals surface area contributed by atoms with Crippen LogP contribution in [-0.2, 0) is 11.3 Å². The Morgan fingerprint density at radius 3 is 2.67 bits per heavy atom. The quantitative estimate of drug-likeness (QED) is 0.839. The van der Waals surface area contributed by atoms with E-state index in [2.05, 4.69) is 28.3 Å². The molecule has 3 heterocycles. The van der Waals surface area contributed by atoms with Gasteiger partial charge in [0.15, 0.2) is 0 Å². The summed E-state index contributed by atoms with van der Waals surface area (Å²) in [5, 5.41) is 7.41. The molecule has 2 unspecified atom stereocenters. The first-order valence-corrected chi connectivity index (χ1v) is 8.65. The highest BCUT2D eigenvalue weighted by Gasteiger charge is 2.51. The molecule has 2 atom stereocenters. The van der Waals surface area contributed by atoms with E-state index in [0.717, 1.165) is 44.7 Å². The molecule has 3 rings (SSSR count). The van der Waals surface area contributed by atoms with Gasteiger partial charge in [0, 0.05) is 31.7 Å². The highest BCUT2D eigenvalue weighted by molar-refractivity contribution is 6.06. The summed E-state index contributed by atoms with van der Waals surface area (Å²) in [5.41, 5.74) is 1.44. The molecule has 0 radical (unpaired) electrons. The van der Waals surface area contributed by atoms with Gasteiger partial charge in [0.2, 0.25) is 0 Å². The first-order valence-electron chi connectivity index (χ1n) is 8.65. The van der Waals surface area contributed by atoms with E-state index >= 15 is 0 Å². The molecule has 0 bridgehead atoms. The van der Waals surface area contributed by atoms with Gasteiger partial charge in [-0.25, -0.2) is 4.79 Å². The second-order valence-corrected chi connectivity index (χ2v) is 7.29. The van der Waals surface area contributed by atoms with Crippen molar-refractivity contribution in [3.63, 3.8) is 0 Å². The molecule has 2 saturated heterocycles. The average Bonchev–Trinajstić information content (AvgIpc) is 2.98. The number of aryl methyl sites for hydroxylation is 2. The standard InChI is InChI=1S/C17H27N5O2/c1-12-10-13(2)22(19-12)9-8-21-7-5-6-14(11-21)17(3)15(23)20(4)16(24)18-17/h10,14H,5-9,11H2,1-4H3,(H,18,24). The molecule has 2 aliphatic heterocycles. The monoisotopic (exact) mass is 333 g/mol. The van der Waals surface area contributed by atoms with Gasteiger partial charge in [0.25, 0.3) is 5.91 Å². The number of hydrogen-bond acceptors (Lipinski definition) is 4. The SMILES string of the molecule is Cc1cc(C)n(CCN2CCCC(C3(C)NC(=O)N(C)C3=O)C2)n1. The van der Waals surface area contributed by atoms with E-state index in [1.165, 1.54) is 10.6 Å². The fraction of sp³-hybridized carbons (Fsp3) is 0.706. The summed E-state index contributed by atoms with van der Waals surface area (Å²) in [6.45, 7) is 9.57. The Hall–Kier alpha value is -1.89. The summed E-state index contributed by atoms with van der Waals surface area (Å²) in [7, 11) is 1.55. The van der Waals surface area contributed by atoms with Crippen LogP contribution in [0.4, 0.5) is 4.79 Å². The van der Waals surface area contributed by atoms with Crippen LogP contribution in [0.5, 0.6) is 0 Å². The van der Waals surface area contributed by atoms with Crippen molar-refractivity contribution in [3.8, 4) is 0 Å². The molecule has 0 spiro atoms. The molecule has 0 aliphatic carbocycles. The van der Waals surface area contributed by atoms with Gasteiger partial charge in [-0.05, 0) is 46.2 Å². The maximum atomic E-state index is 12.5. The zero-order valence-corrected chi connectivity index (χ0v) is 15.0. The van der Waals surface area contributed by atoms with Gasteiger partial charge in [0.05, 0.1) is 12.2 Å². The summed E-state index contributed by atoms with van der Waals surface area (Å²) in [6.07, 6.45) is 2.01. The number of piperidine rings is 1. The molecule has 7 nitrogen and oxygen atoms in total. The van der Waals surface area contributed by atoms with Gasteiger partial charge in [0.1, 0.15) is 5.54 Å². The van der Waals surface area contributed by atoms with Gasteiger partial charge in [-0.2, -0.15) is 5.10 Å². The Labute approximate surface area is 143 Å². The number of nitrogens with zero attached hydrogens (tertiary/aromatic N) is 4. The van der Waals surface area contributed by atoms with Gasteiger partial charge >= 0.3 is 6.03 Å². The third-order valence-electron chi connectivity index (χ3n) is 5.47. The van der Waals surface area contributed by atoms with Crippen LogP contribution in [0.25, 0.3) is 0 Å². The minimum Gasteiger partial charge on any atom is -0.323 e. The topological polar surface area (TPSA) is 70.5 Å². The number of amides is 3. The molecular weight excluding hydrogens is 306 g/mol. The van der Waals surface area contributed by atoms with Crippen LogP contribution in [0.3, 0.4) is 0 Å². The zero-order chi connectivity index (χ0) is 17.5. The molecule has 1 aromatic heterocycles. The van der Waals surface area contributed by atoms with Crippen LogP contribution in [-0.4, -0.2) is 63.7 Å². The first kappa shape index (κ1) is 17.0. The Balaban J connectivity index is 1.63. The third-order valence-corrected chi connectivity index (χ3v) is 5.47. The Kier molecular flexibility index (Phi) is 4.38. The number of carbonyl (C=O) groups is 2. The fourth-order valence-corrected chi connectivity index (χ4v) is 3.94. The third kappa shape index (κ3) is 2.92. The van der Waals surface area contributed by atoms with Crippen molar-refractivity contribution < 1.29 is 9.59 Å². The number of carbonyl (C=O) groups excluding carboxylic acids is 2. The maximum absolute atomic E-state index is 12.5. The number of imide groups is 1. The van der Waals surface area contributed by atoms with E-state index in [0.29, 0.717) is 0 Å². The normalized spacial score (nSPS) is 28.5. The number of nitrogens with one attached hydrogen (secondary N) is 1. The molecule has 132 valence electrons. The number of likely N-dealkylation sites (N-methyl/N-ethyl adjacent to an activating group) is 1. The Morgan fingerprint density at radius 1 is 1.33 bits per heavy atom. The van der Waals surface area contributed by atoms with Crippen molar-refractivity contribution in [2.24, 2.45) is 5.92 Å². The highest BCUT2D eigenvalue weighted by atomic mass is 16.2. The average molecular weight is 333 g/mol. The largest absolute Gasteiger partial charge is 0.324 e. The first-order chi connectivity index (χ1) is 11.3. The van der Waals surface area contributed by atoms with Crippen molar-refractivity contribution in [2.75, 3.05) is 26.7 Å². The Morgan fingerprint density at radius 2 is 2.08 bits per heavy atom. The van der Waals surface area contributed by atoms with Gasteiger partial charge < -0.3 is 10.2 Å². The molecule has 2 fully saturated rings. The minimum atomic E-state index is -0.775. The van der Waals surface area contributed by atoms with E-state index in [9.17, 15) is 9.59 Å². The van der Waals surface area contributed by atoms with Gasteiger partial charge in [-0.3, -0.25) is 14.4 Å². The summed E-state index contributed by atoms with van der Waals surface area (Å²) in [5.74, 6) is 0.0333. The lowest BCUT2D eigenvalue weighted by Crippen LogP contribution is -2.56. The number of rotatable bonds is 4. The highest BCUT2D eigenvalue weighted by Crippen LogP contribution is 2.31. The van der Waals surface area contributed by atoms with Crippen LogP contribution in [0.15, 0.2) is 6.07 Å². The summed E-state index contributed by atoms with van der Waals surface area (Å²) in [4.78, 5) is 27.9. The lowest BCUT2D eigenvalue weighted by Gasteiger charge is -2.39. The second kappa shape index (κ2) is 6.20. The lowest BCUT2D eigenvalue weighted by molar-refractivity contribution is -0.132. The molecule has 1 N–H and O–H groups in total. The Bertz CT molecular complexity index is 655. The zero-order valence-electron chi connectivity index (χ0n) is 15.0. The summed E-state index contributed by atoms with van der Waals surface area (Å²) in [6, 6.07) is 1.80. The second-order valence-electron chi connectivity index (χ2n) is 7.29.